The Labute approximate surface area is 177 Å². The number of hydrogen-bond donors (Lipinski definition) is 0. The van der Waals surface area contributed by atoms with Crippen molar-refractivity contribution in [3.05, 3.63) is 66.2 Å². The van der Waals surface area contributed by atoms with E-state index in [2.05, 4.69) is 0 Å². The molecule has 30 heavy (non-hydrogen) atoms. The lowest BCUT2D eigenvalue weighted by atomic mass is 10.1. The van der Waals surface area contributed by atoms with E-state index >= 15 is 0 Å². The molecule has 1 saturated heterocycles. The van der Waals surface area contributed by atoms with Crippen LogP contribution in [0, 0.1) is 0 Å². The lowest BCUT2D eigenvalue weighted by Crippen LogP contribution is -2.53. The second-order valence-corrected chi connectivity index (χ2v) is 11.1. The van der Waals surface area contributed by atoms with E-state index in [4.69, 9.17) is 0 Å². The van der Waals surface area contributed by atoms with Crippen LogP contribution < -0.4 is 0 Å². The number of hydrogen-bond acceptors (Lipinski definition) is 5. The van der Waals surface area contributed by atoms with Crippen LogP contribution in [-0.2, 0) is 24.8 Å². The molecule has 2 aromatic rings. The average molecular weight is 452 g/mol. The lowest BCUT2D eigenvalue weighted by Gasteiger charge is -2.37. The number of benzene rings is 2. The van der Waals surface area contributed by atoms with Crippen LogP contribution in [0.5, 0.6) is 0 Å². The van der Waals surface area contributed by atoms with E-state index in [0.717, 1.165) is 10.6 Å². The number of piperazine rings is 1. The fraction of sp³-hybridized carbons (Fsp3) is 0.350. The van der Waals surface area contributed by atoms with Gasteiger partial charge in [-0.15, -0.1) is 0 Å². The van der Waals surface area contributed by atoms with Crippen LogP contribution in [0.4, 0.5) is 0 Å². The first-order chi connectivity index (χ1) is 14.1. The van der Waals surface area contributed by atoms with E-state index < -0.39 is 26.1 Å². The zero-order valence-corrected chi connectivity index (χ0v) is 18.5. The first-order valence-electron chi connectivity index (χ1n) is 9.44. The Balaban J connectivity index is 1.78. The summed E-state index contributed by atoms with van der Waals surface area (Å²) < 4.78 is 52.3. The van der Waals surface area contributed by atoms with E-state index in [1.54, 1.807) is 60.7 Å². The molecule has 0 saturated carbocycles. The molecule has 1 amide bonds. The third-order valence-electron chi connectivity index (χ3n) is 5.17. The molecule has 0 unspecified atom stereocenters. The molecule has 1 fully saturated rings. The van der Waals surface area contributed by atoms with Gasteiger partial charge in [0.15, 0.2) is 0 Å². The molecule has 1 heterocycles. The highest BCUT2D eigenvalue weighted by atomic mass is 32.2. The Kier molecular flexibility index (Phi) is 6.61. The van der Waals surface area contributed by atoms with Crippen LogP contribution in [0.15, 0.2) is 65.6 Å². The van der Waals surface area contributed by atoms with E-state index in [1.165, 1.54) is 16.3 Å². The number of amides is 1. The van der Waals surface area contributed by atoms with E-state index in [0.29, 0.717) is 5.56 Å². The monoisotopic (exact) mass is 451 g/mol. The fourth-order valence-electron chi connectivity index (χ4n) is 3.40. The number of carbonyl (C=O) groups is 1. The van der Waals surface area contributed by atoms with Gasteiger partial charge in [0.2, 0.25) is 26.0 Å². The predicted octanol–water partition coefficient (Wildman–Crippen LogP) is 1.15. The Hall–Kier alpha value is -2.27. The molecule has 1 aliphatic rings. The van der Waals surface area contributed by atoms with Crippen molar-refractivity contribution in [2.24, 2.45) is 0 Å². The number of sulfonamides is 2. The maximum atomic E-state index is 13.3. The van der Waals surface area contributed by atoms with Crippen LogP contribution in [0.2, 0.25) is 0 Å². The highest BCUT2D eigenvalue weighted by Gasteiger charge is 2.36. The SMILES string of the molecule is CN([C@@H](C(=O)N1CCN(S(=O)(=O)c2ccccc2)CC1)c1ccccc1)S(C)(=O)=O. The Morgan fingerprint density at radius 3 is 1.87 bits per heavy atom. The van der Waals surface area contributed by atoms with Crippen molar-refractivity contribution >= 4 is 26.0 Å². The fourth-order valence-corrected chi connectivity index (χ4v) is 5.44. The summed E-state index contributed by atoms with van der Waals surface area (Å²) in [6, 6.07) is 15.9. The molecule has 0 spiro atoms. The van der Waals surface area contributed by atoms with Crippen LogP contribution in [-0.4, -0.2) is 75.7 Å². The van der Waals surface area contributed by atoms with E-state index in [1.807, 2.05) is 0 Å². The molecular weight excluding hydrogens is 426 g/mol. The van der Waals surface area contributed by atoms with Gasteiger partial charge in [0, 0.05) is 33.2 Å². The topological polar surface area (TPSA) is 95.1 Å². The predicted molar refractivity (Wildman–Crippen MR) is 114 cm³/mol. The van der Waals surface area contributed by atoms with E-state index in [-0.39, 0.29) is 37.0 Å². The standard InChI is InChI=1S/C20H25N3O5S2/c1-21(29(2,25)26)19(17-9-5-3-6-10-17)20(24)22-13-15-23(16-14-22)30(27,28)18-11-7-4-8-12-18/h3-12,19H,13-16H2,1-2H3/t19-/m1/s1. The maximum Gasteiger partial charge on any atom is 0.245 e. The molecule has 1 atom stereocenters. The van der Waals surface area contributed by atoms with Gasteiger partial charge in [-0.05, 0) is 17.7 Å². The van der Waals surface area contributed by atoms with Crippen molar-refractivity contribution < 1.29 is 21.6 Å². The molecule has 0 aromatic heterocycles. The minimum absolute atomic E-state index is 0.146. The molecule has 1 aliphatic heterocycles. The summed E-state index contributed by atoms with van der Waals surface area (Å²) in [4.78, 5) is 15.0. The number of nitrogens with zero attached hydrogens (tertiary/aromatic N) is 3. The molecule has 0 radical (unpaired) electrons. The van der Waals surface area contributed by atoms with Crippen molar-refractivity contribution in [2.45, 2.75) is 10.9 Å². The summed E-state index contributed by atoms with van der Waals surface area (Å²) in [5.41, 5.74) is 0.565. The molecule has 162 valence electrons. The Bertz CT molecular complexity index is 1080. The molecule has 0 bridgehead atoms. The number of carbonyl (C=O) groups excluding carboxylic acids is 1. The van der Waals surface area contributed by atoms with Gasteiger partial charge in [-0.25, -0.2) is 16.8 Å². The summed E-state index contributed by atoms with van der Waals surface area (Å²) in [6.45, 7) is 0.664. The summed E-state index contributed by atoms with van der Waals surface area (Å²) in [6.07, 6.45) is 1.06. The van der Waals surface area contributed by atoms with Gasteiger partial charge in [-0.3, -0.25) is 4.79 Å². The van der Waals surface area contributed by atoms with Crippen molar-refractivity contribution in [3.63, 3.8) is 0 Å². The van der Waals surface area contributed by atoms with Gasteiger partial charge in [0.1, 0.15) is 6.04 Å². The van der Waals surface area contributed by atoms with Crippen molar-refractivity contribution in [1.82, 2.24) is 13.5 Å². The highest BCUT2D eigenvalue weighted by Crippen LogP contribution is 2.26. The summed E-state index contributed by atoms with van der Waals surface area (Å²) in [5, 5.41) is 0. The third-order valence-corrected chi connectivity index (χ3v) is 8.34. The molecule has 3 rings (SSSR count). The number of rotatable bonds is 6. The Morgan fingerprint density at radius 1 is 0.867 bits per heavy atom. The van der Waals surface area contributed by atoms with Crippen molar-refractivity contribution in [2.75, 3.05) is 39.5 Å². The summed E-state index contributed by atoms with van der Waals surface area (Å²) >= 11 is 0. The zero-order chi connectivity index (χ0) is 21.9. The smallest absolute Gasteiger partial charge is 0.245 e. The maximum absolute atomic E-state index is 13.3. The van der Waals surface area contributed by atoms with Crippen LogP contribution >= 0.6 is 0 Å². The molecule has 10 heteroatoms. The van der Waals surface area contributed by atoms with E-state index in [9.17, 15) is 21.6 Å². The quantitative estimate of drug-likeness (QED) is 0.657. The second kappa shape index (κ2) is 8.84. The third kappa shape index (κ3) is 4.72. The van der Waals surface area contributed by atoms with Crippen LogP contribution in [0.1, 0.15) is 11.6 Å². The van der Waals surface area contributed by atoms with Gasteiger partial charge in [-0.1, -0.05) is 48.5 Å². The van der Waals surface area contributed by atoms with Crippen LogP contribution in [0.3, 0.4) is 0 Å². The largest absolute Gasteiger partial charge is 0.338 e. The van der Waals surface area contributed by atoms with Gasteiger partial charge in [0.05, 0.1) is 11.2 Å². The molecule has 0 aliphatic carbocycles. The first kappa shape index (κ1) is 22.4. The van der Waals surface area contributed by atoms with Gasteiger partial charge < -0.3 is 4.90 Å². The molecule has 8 nitrogen and oxygen atoms in total. The minimum Gasteiger partial charge on any atom is -0.338 e. The Morgan fingerprint density at radius 2 is 1.37 bits per heavy atom. The summed E-state index contributed by atoms with van der Waals surface area (Å²) in [7, 11) is -5.88. The zero-order valence-electron chi connectivity index (χ0n) is 16.9. The molecule has 2 aromatic carbocycles. The minimum atomic E-state index is -3.63. The summed E-state index contributed by atoms with van der Waals surface area (Å²) in [5.74, 6) is -0.370. The second-order valence-electron chi connectivity index (χ2n) is 7.13. The molecular formula is C20H25N3O5S2. The number of likely N-dealkylation sites (N-methyl/N-ethyl adjacent to an activating group) is 1. The molecule has 0 N–H and O–H groups in total. The van der Waals surface area contributed by atoms with Gasteiger partial charge in [-0.2, -0.15) is 8.61 Å². The normalized spacial score (nSPS) is 17.1. The average Bonchev–Trinajstić information content (AvgIpc) is 2.74. The van der Waals surface area contributed by atoms with Gasteiger partial charge in [0.25, 0.3) is 0 Å². The highest BCUT2D eigenvalue weighted by molar-refractivity contribution is 7.89. The van der Waals surface area contributed by atoms with Crippen LogP contribution in [0.25, 0.3) is 0 Å². The van der Waals surface area contributed by atoms with Crippen molar-refractivity contribution in [3.8, 4) is 0 Å². The lowest BCUT2D eigenvalue weighted by molar-refractivity contribution is -0.136. The van der Waals surface area contributed by atoms with Crippen molar-refractivity contribution in [1.29, 1.82) is 0 Å². The van der Waals surface area contributed by atoms with Gasteiger partial charge >= 0.3 is 0 Å². The first-order valence-corrected chi connectivity index (χ1v) is 12.7.